The number of nitrogens with one attached hydrogen (secondary N) is 3. The number of hydrogen-bond donors (Lipinski definition) is 9. The second kappa shape index (κ2) is 24.4. The highest BCUT2D eigenvalue weighted by Crippen LogP contribution is 2.49. The molecule has 30 nitrogen and oxygen atoms in total. The molecule has 430 valence electrons. The molecular weight excluding hydrogens is 1080 g/mol. The van der Waals surface area contributed by atoms with Crippen molar-refractivity contribution < 1.29 is 80.9 Å². The number of para-hydroxylation sites is 2. The molecule has 4 aromatic heterocycles. The van der Waals surface area contributed by atoms with E-state index < -0.39 is 119 Å². The molecule has 12 atom stereocenters. The number of methoxy groups -OCH3 is 1. The van der Waals surface area contributed by atoms with Gasteiger partial charge in [0, 0.05) is 0 Å². The molecule has 2 aromatic carbocycles. The lowest BCUT2D eigenvalue weighted by Crippen LogP contribution is -2.44. The number of nitrogens with two attached hydrogens (primary N) is 2. The number of nitrogens with zero attached hydrogens (tertiary/aromatic N) is 7. The summed E-state index contributed by atoms with van der Waals surface area (Å²) in [5.41, 5.74) is 7.48. The standard InChI is InChI=1S/C24H33N6O9P.C23H31N6O9P/c1-13(2)37-21(32)14(3)29-40(34,39-15-9-7-6-8-10-15)36-11-16-18(31)24(4,33)22(38-16)30-12-26-17-19(30)27-23(25)28-20(17)35-5;1-12(2)36-20(32)13(3)28-39(34,38-14-8-6-5-7-9-14)35-10-15-17(30)23(4,33)21(37-15)29-11-25-16-18(29)26-22(24)27-19(16)31/h6-10,12-14,16,18,22,31,33H,11H2,1-5H3,(H,29,34)(H2,25,27,28);5-9,11-13,15,17,21,30,33H,10H2,1-4H3,(H,28,34)(H3,24,26,27,31)/t14-,16+,18+,22+,24+,40+;13-,15+,17+,21+,23+,39+/m00/s1. The van der Waals surface area contributed by atoms with E-state index in [0.717, 1.165) is 0 Å². The first-order valence-corrected chi connectivity index (χ1v) is 27.6. The number of aliphatic hydroxyl groups excluding tert-OH is 2. The van der Waals surface area contributed by atoms with Gasteiger partial charge in [0.15, 0.2) is 34.8 Å². The summed E-state index contributed by atoms with van der Waals surface area (Å²) >= 11 is 0. The summed E-state index contributed by atoms with van der Waals surface area (Å²) in [5, 5.41) is 49.3. The molecule has 32 heteroatoms. The van der Waals surface area contributed by atoms with Crippen molar-refractivity contribution in [2.45, 2.75) is 128 Å². The Bertz CT molecular complexity index is 3240. The molecule has 0 unspecified atom stereocenters. The van der Waals surface area contributed by atoms with Gasteiger partial charge >= 0.3 is 27.4 Å². The normalized spacial score (nSPS) is 25.3. The summed E-state index contributed by atoms with van der Waals surface area (Å²) in [7, 11) is -7.12. The lowest BCUT2D eigenvalue weighted by molar-refractivity contribution is -0.150. The largest absolute Gasteiger partial charge is 0.479 e. The van der Waals surface area contributed by atoms with E-state index in [1.54, 1.807) is 88.4 Å². The molecule has 6 aromatic rings. The Labute approximate surface area is 451 Å². The predicted molar refractivity (Wildman–Crippen MR) is 279 cm³/mol. The SMILES string of the molecule is CC(C)OC(=O)[C@H](C)N[P@@](=O)(OC[C@H]1O[C@@H](n2cnc3c(=O)[nH]c(N)nc32)[C@](C)(O)[C@@H]1O)Oc1ccccc1.COc1nc(N)nc2c1ncn2[C@@H]1O[C@H](CO[P@](=O)(N[C@@H](C)C(=O)OC(C)C)Oc2ccccc2)[C@@H](O)[C@@]1(C)O. The van der Waals surface area contributed by atoms with E-state index in [1.165, 1.54) is 56.6 Å². The number of carbonyl (C=O) groups is 2. The average Bonchev–Trinajstić information content (AvgIpc) is 4.28. The molecule has 0 bridgehead atoms. The fourth-order valence-corrected chi connectivity index (χ4v) is 11.1. The van der Waals surface area contributed by atoms with Crippen LogP contribution in [0.4, 0.5) is 11.9 Å². The van der Waals surface area contributed by atoms with Crippen molar-refractivity contribution in [1.29, 1.82) is 0 Å². The van der Waals surface area contributed by atoms with Crippen molar-refractivity contribution in [3.63, 3.8) is 0 Å². The van der Waals surface area contributed by atoms with Crippen molar-refractivity contribution in [2.75, 3.05) is 31.8 Å². The van der Waals surface area contributed by atoms with Crippen LogP contribution in [0.3, 0.4) is 0 Å². The summed E-state index contributed by atoms with van der Waals surface area (Å²) in [6.07, 6.45) is -6.20. The second-order valence-corrected chi connectivity index (χ2v) is 22.5. The first-order valence-electron chi connectivity index (χ1n) is 24.5. The molecular formula is C47H64N12O18P2. The van der Waals surface area contributed by atoms with E-state index in [0.29, 0.717) is 0 Å². The second-order valence-electron chi connectivity index (χ2n) is 19.2. The van der Waals surface area contributed by atoms with Crippen molar-refractivity contribution >= 4 is 61.7 Å². The lowest BCUT2D eigenvalue weighted by Gasteiger charge is -2.27. The number of aromatic amines is 1. The van der Waals surface area contributed by atoms with Crippen LogP contribution >= 0.6 is 15.5 Å². The van der Waals surface area contributed by atoms with Crippen LogP contribution in [0, 0.1) is 0 Å². The van der Waals surface area contributed by atoms with Crippen LogP contribution in [0.15, 0.2) is 78.1 Å². The quantitative estimate of drug-likeness (QED) is 0.0369. The van der Waals surface area contributed by atoms with Gasteiger partial charge < -0.3 is 64.6 Å². The van der Waals surface area contributed by atoms with Gasteiger partial charge in [-0.3, -0.25) is 37.5 Å². The minimum atomic E-state index is -4.26. The van der Waals surface area contributed by atoms with Gasteiger partial charge in [0.1, 0.15) is 59.2 Å². The predicted octanol–water partition coefficient (Wildman–Crippen LogP) is 2.40. The summed E-state index contributed by atoms with van der Waals surface area (Å²) in [6.45, 7) is 11.2. The Morgan fingerprint density at radius 2 is 1.13 bits per heavy atom. The van der Waals surface area contributed by atoms with E-state index in [9.17, 15) is 43.9 Å². The molecule has 0 aliphatic carbocycles. The Kier molecular flexibility index (Phi) is 18.5. The highest BCUT2D eigenvalue weighted by atomic mass is 31.2. The molecule has 2 aliphatic heterocycles. The maximum absolute atomic E-state index is 13.8. The Morgan fingerprint density at radius 1 is 0.709 bits per heavy atom. The van der Waals surface area contributed by atoms with Crippen molar-refractivity contribution in [2.24, 2.45) is 0 Å². The summed E-state index contributed by atoms with van der Waals surface area (Å²) in [5.74, 6) is -1.11. The Morgan fingerprint density at radius 3 is 1.54 bits per heavy atom. The van der Waals surface area contributed by atoms with Crippen LogP contribution in [-0.2, 0) is 46.7 Å². The lowest BCUT2D eigenvalue weighted by atomic mass is 9.96. The van der Waals surface area contributed by atoms with E-state index in [1.807, 2.05) is 0 Å². The number of H-pyrrole nitrogens is 1. The third-order valence-electron chi connectivity index (χ3n) is 11.9. The van der Waals surface area contributed by atoms with Crippen molar-refractivity contribution in [3.05, 3.63) is 83.7 Å². The number of benzene rings is 2. The molecule has 2 saturated heterocycles. The highest BCUT2D eigenvalue weighted by Gasteiger charge is 2.56. The molecule has 6 heterocycles. The molecule has 0 saturated carbocycles. The zero-order valence-corrected chi connectivity index (χ0v) is 46.1. The molecule has 2 fully saturated rings. The minimum Gasteiger partial charge on any atom is -0.479 e. The average molecular weight is 1150 g/mol. The number of nitrogen functional groups attached to an aromatic ring is 2. The number of anilines is 2. The molecule has 79 heavy (non-hydrogen) atoms. The van der Waals surface area contributed by atoms with Crippen LogP contribution in [0.25, 0.3) is 22.3 Å². The van der Waals surface area contributed by atoms with Gasteiger partial charge in [-0.05, 0) is 79.7 Å². The van der Waals surface area contributed by atoms with Crippen LogP contribution < -0.4 is 41.0 Å². The minimum absolute atomic E-state index is 0.0209. The number of hydrogen-bond acceptors (Lipinski definition) is 25. The molecule has 8 rings (SSSR count). The number of ether oxygens (including phenoxy) is 5. The van der Waals surface area contributed by atoms with Gasteiger partial charge in [0.05, 0.1) is 45.2 Å². The van der Waals surface area contributed by atoms with Gasteiger partial charge in [0.2, 0.25) is 17.8 Å². The molecule has 2 aliphatic rings. The van der Waals surface area contributed by atoms with Gasteiger partial charge in [-0.2, -0.15) is 25.1 Å². The zero-order valence-electron chi connectivity index (χ0n) is 44.3. The van der Waals surface area contributed by atoms with E-state index in [4.69, 9.17) is 53.2 Å². The van der Waals surface area contributed by atoms with E-state index >= 15 is 0 Å². The topological polar surface area (TPSA) is 416 Å². The number of esters is 2. The van der Waals surface area contributed by atoms with Crippen LogP contribution in [-0.4, -0.2) is 152 Å². The number of imidazole rings is 2. The number of rotatable bonds is 21. The van der Waals surface area contributed by atoms with Crippen molar-refractivity contribution in [1.82, 2.24) is 49.2 Å². The number of carbonyl (C=O) groups excluding carboxylic acids is 2. The van der Waals surface area contributed by atoms with Gasteiger partial charge in [0.25, 0.3) is 5.56 Å². The molecule has 11 N–H and O–H groups in total. The van der Waals surface area contributed by atoms with Gasteiger partial charge in [-0.25, -0.2) is 19.1 Å². The summed E-state index contributed by atoms with van der Waals surface area (Å²) in [4.78, 5) is 59.7. The Balaban J connectivity index is 0.000000229. The van der Waals surface area contributed by atoms with E-state index in [2.05, 4.69) is 40.1 Å². The van der Waals surface area contributed by atoms with Crippen LogP contribution in [0.1, 0.15) is 67.8 Å². The first kappa shape index (κ1) is 60.0. The third-order valence-corrected chi connectivity index (χ3v) is 15.2. The first-order chi connectivity index (χ1) is 37.1. The van der Waals surface area contributed by atoms with Crippen LogP contribution in [0.2, 0.25) is 0 Å². The zero-order chi connectivity index (χ0) is 57.8. The number of fused-ring (bicyclic) bond motifs is 2. The highest BCUT2D eigenvalue weighted by molar-refractivity contribution is 7.52. The Hall–Kier alpha value is -6.66. The number of aliphatic hydroxyl groups is 4. The monoisotopic (exact) mass is 1150 g/mol. The summed E-state index contributed by atoms with van der Waals surface area (Å²) in [6, 6.07) is 14.2. The van der Waals surface area contributed by atoms with Gasteiger partial charge in [-0.1, -0.05) is 36.4 Å². The van der Waals surface area contributed by atoms with Crippen molar-refractivity contribution in [3.8, 4) is 17.4 Å². The maximum atomic E-state index is 13.8. The fraction of sp³-hybridized carbons (Fsp3) is 0.489. The smallest absolute Gasteiger partial charge is 0.459 e. The fourth-order valence-electron chi connectivity index (χ4n) is 8.10. The maximum Gasteiger partial charge on any atom is 0.459 e. The number of aromatic nitrogens is 8. The summed E-state index contributed by atoms with van der Waals surface area (Å²) < 4.78 is 80.0. The van der Waals surface area contributed by atoms with E-state index in [-0.39, 0.29) is 51.6 Å². The molecule has 0 spiro atoms. The molecule has 0 amide bonds. The third kappa shape index (κ3) is 13.9. The van der Waals surface area contributed by atoms with Gasteiger partial charge in [-0.15, -0.1) is 0 Å². The molecule has 0 radical (unpaired) electrons. The van der Waals surface area contributed by atoms with Crippen LogP contribution in [0.5, 0.6) is 17.4 Å².